The maximum absolute atomic E-state index is 12.2. The third kappa shape index (κ3) is 6.69. The zero-order valence-corrected chi connectivity index (χ0v) is 14.8. The van der Waals surface area contributed by atoms with E-state index in [0.717, 1.165) is 0 Å². The summed E-state index contributed by atoms with van der Waals surface area (Å²) in [6.45, 7) is -1.23. The van der Waals surface area contributed by atoms with E-state index in [1.54, 1.807) is 18.2 Å². The highest BCUT2D eigenvalue weighted by molar-refractivity contribution is 5.79. The maximum Gasteiger partial charge on any atom is 0.422 e. The molecule has 0 radical (unpaired) electrons. The molecule has 0 spiro atoms. The molecule has 1 heterocycles. The second kappa shape index (κ2) is 9.11. The van der Waals surface area contributed by atoms with Crippen LogP contribution in [-0.2, 0) is 17.8 Å². The van der Waals surface area contributed by atoms with Gasteiger partial charge in [-0.05, 0) is 23.8 Å². The van der Waals surface area contributed by atoms with Crippen molar-refractivity contribution in [1.82, 2.24) is 10.3 Å². The first-order valence-electron chi connectivity index (χ1n) is 7.93. The van der Waals surface area contributed by atoms with Gasteiger partial charge in [-0.15, -0.1) is 0 Å². The quantitative estimate of drug-likeness (QED) is 0.758. The number of benzene rings is 1. The van der Waals surface area contributed by atoms with Gasteiger partial charge < -0.3 is 19.5 Å². The minimum atomic E-state index is -4.42. The lowest BCUT2D eigenvalue weighted by Gasteiger charge is -2.11. The van der Waals surface area contributed by atoms with Crippen LogP contribution in [0.25, 0.3) is 0 Å². The smallest absolute Gasteiger partial charge is 0.422 e. The van der Waals surface area contributed by atoms with Crippen molar-refractivity contribution in [3.8, 4) is 17.4 Å². The molecule has 0 saturated carbocycles. The van der Waals surface area contributed by atoms with Crippen molar-refractivity contribution >= 4 is 5.91 Å². The Labute approximate surface area is 154 Å². The molecule has 27 heavy (non-hydrogen) atoms. The maximum atomic E-state index is 12.2. The Balaban J connectivity index is 1.88. The number of aromatic nitrogens is 1. The molecule has 6 nitrogen and oxygen atoms in total. The second-order valence-electron chi connectivity index (χ2n) is 5.54. The minimum absolute atomic E-state index is 0.0839. The van der Waals surface area contributed by atoms with Gasteiger partial charge in [-0.1, -0.05) is 6.07 Å². The van der Waals surface area contributed by atoms with Gasteiger partial charge in [0.25, 0.3) is 0 Å². The number of hydrogen-bond acceptors (Lipinski definition) is 5. The molecule has 1 aromatic carbocycles. The number of nitrogens with one attached hydrogen (secondary N) is 1. The van der Waals surface area contributed by atoms with Gasteiger partial charge in [-0.3, -0.25) is 4.79 Å². The summed E-state index contributed by atoms with van der Waals surface area (Å²) in [7, 11) is 3.04. The van der Waals surface area contributed by atoms with Crippen molar-refractivity contribution in [2.45, 2.75) is 19.1 Å². The Bertz CT molecular complexity index is 764. The number of nitrogens with zero attached hydrogens (tertiary/aromatic N) is 1. The summed E-state index contributed by atoms with van der Waals surface area (Å²) in [5.41, 5.74) is 1.30. The first-order valence-corrected chi connectivity index (χ1v) is 7.93. The van der Waals surface area contributed by atoms with Crippen LogP contribution in [0.15, 0.2) is 36.5 Å². The molecule has 146 valence electrons. The van der Waals surface area contributed by atoms with Crippen molar-refractivity contribution in [1.29, 1.82) is 0 Å². The summed E-state index contributed by atoms with van der Waals surface area (Å²) in [5.74, 6) is 0.790. The molecule has 2 rings (SSSR count). The summed E-state index contributed by atoms with van der Waals surface area (Å²) in [5, 5.41) is 2.72. The highest BCUT2D eigenvalue weighted by Crippen LogP contribution is 2.24. The van der Waals surface area contributed by atoms with E-state index in [-0.39, 0.29) is 24.8 Å². The van der Waals surface area contributed by atoms with E-state index in [1.807, 2.05) is 0 Å². The molecule has 1 aromatic heterocycles. The standard InChI is InChI=1S/C18H19F3N2O4/c1-25-14-4-5-15(26-2)13(7-14)8-16(24)22-9-12-3-6-17(23-10-12)27-11-18(19,20)21/h3-7,10H,8-9,11H2,1-2H3,(H,22,24). The topological polar surface area (TPSA) is 69.7 Å². The lowest BCUT2D eigenvalue weighted by atomic mass is 10.1. The molecule has 0 bridgehead atoms. The predicted octanol–water partition coefficient (Wildman–Crippen LogP) is 2.90. The van der Waals surface area contributed by atoms with Gasteiger partial charge in [0.15, 0.2) is 6.61 Å². The van der Waals surface area contributed by atoms with E-state index in [4.69, 9.17) is 9.47 Å². The molecule has 0 atom stereocenters. The fraction of sp³-hybridized carbons (Fsp3) is 0.333. The average molecular weight is 384 g/mol. The van der Waals surface area contributed by atoms with Crippen molar-refractivity contribution < 1.29 is 32.2 Å². The summed E-state index contributed by atoms with van der Waals surface area (Å²) in [6, 6.07) is 8.01. The third-order valence-corrected chi connectivity index (χ3v) is 3.51. The van der Waals surface area contributed by atoms with Gasteiger partial charge in [0.2, 0.25) is 11.8 Å². The fourth-order valence-corrected chi connectivity index (χ4v) is 2.21. The van der Waals surface area contributed by atoms with Crippen LogP contribution in [-0.4, -0.2) is 37.9 Å². The van der Waals surface area contributed by atoms with Crippen LogP contribution in [0.2, 0.25) is 0 Å². The van der Waals surface area contributed by atoms with Crippen molar-refractivity contribution in [3.63, 3.8) is 0 Å². The Morgan fingerprint density at radius 1 is 1.15 bits per heavy atom. The van der Waals surface area contributed by atoms with Gasteiger partial charge in [0.05, 0.1) is 20.6 Å². The molecule has 0 fully saturated rings. The molecule has 9 heteroatoms. The van der Waals surface area contributed by atoms with Gasteiger partial charge >= 0.3 is 6.18 Å². The molecular weight excluding hydrogens is 365 g/mol. The van der Waals surface area contributed by atoms with Crippen molar-refractivity contribution in [2.75, 3.05) is 20.8 Å². The van der Waals surface area contributed by atoms with E-state index in [1.165, 1.54) is 32.5 Å². The number of hydrogen-bond donors (Lipinski definition) is 1. The first-order chi connectivity index (χ1) is 12.8. The number of halogens is 3. The summed E-state index contributed by atoms with van der Waals surface area (Å²) in [6.07, 6.45) is -2.99. The van der Waals surface area contributed by atoms with Crippen LogP contribution in [0.4, 0.5) is 13.2 Å². The molecule has 0 aliphatic rings. The fourth-order valence-electron chi connectivity index (χ4n) is 2.21. The normalized spacial score (nSPS) is 11.0. The summed E-state index contributed by atoms with van der Waals surface area (Å²) >= 11 is 0. The van der Waals surface area contributed by atoms with Crippen molar-refractivity contribution in [2.24, 2.45) is 0 Å². The number of pyridine rings is 1. The number of ether oxygens (including phenoxy) is 3. The van der Waals surface area contributed by atoms with E-state index < -0.39 is 12.8 Å². The summed E-state index contributed by atoms with van der Waals surface area (Å²) < 4.78 is 51.2. The molecule has 0 unspecified atom stereocenters. The number of alkyl halides is 3. The molecule has 1 amide bonds. The van der Waals surface area contributed by atoms with Crippen LogP contribution >= 0.6 is 0 Å². The van der Waals surface area contributed by atoms with E-state index in [9.17, 15) is 18.0 Å². The Hall–Kier alpha value is -2.97. The van der Waals surface area contributed by atoms with Gasteiger partial charge in [0.1, 0.15) is 11.5 Å². The molecule has 2 aromatic rings. The van der Waals surface area contributed by atoms with Crippen LogP contribution in [0.5, 0.6) is 17.4 Å². The van der Waals surface area contributed by atoms with Crippen LogP contribution in [0.1, 0.15) is 11.1 Å². The highest BCUT2D eigenvalue weighted by atomic mass is 19.4. The number of carbonyl (C=O) groups is 1. The Morgan fingerprint density at radius 3 is 2.52 bits per heavy atom. The van der Waals surface area contributed by atoms with Gasteiger partial charge in [-0.2, -0.15) is 13.2 Å². The van der Waals surface area contributed by atoms with E-state index in [2.05, 4.69) is 15.0 Å². The number of methoxy groups -OCH3 is 2. The van der Waals surface area contributed by atoms with Gasteiger partial charge in [-0.25, -0.2) is 4.98 Å². The zero-order valence-electron chi connectivity index (χ0n) is 14.8. The van der Waals surface area contributed by atoms with E-state index in [0.29, 0.717) is 22.6 Å². The van der Waals surface area contributed by atoms with Crippen LogP contribution in [0, 0.1) is 0 Å². The average Bonchev–Trinajstić information content (AvgIpc) is 2.65. The largest absolute Gasteiger partial charge is 0.497 e. The summed E-state index contributed by atoms with van der Waals surface area (Å²) in [4.78, 5) is 15.9. The molecule has 0 saturated heterocycles. The number of rotatable bonds is 8. The lowest BCUT2D eigenvalue weighted by molar-refractivity contribution is -0.154. The van der Waals surface area contributed by atoms with Gasteiger partial charge in [0, 0.05) is 24.4 Å². The van der Waals surface area contributed by atoms with Crippen molar-refractivity contribution in [3.05, 3.63) is 47.7 Å². The first kappa shape index (κ1) is 20.3. The van der Waals surface area contributed by atoms with Crippen LogP contribution in [0.3, 0.4) is 0 Å². The second-order valence-corrected chi connectivity index (χ2v) is 5.54. The zero-order chi connectivity index (χ0) is 19.9. The predicted molar refractivity (Wildman–Crippen MR) is 90.9 cm³/mol. The molecule has 0 aliphatic heterocycles. The molecule has 1 N–H and O–H groups in total. The Morgan fingerprint density at radius 2 is 1.93 bits per heavy atom. The SMILES string of the molecule is COc1ccc(OC)c(CC(=O)NCc2ccc(OCC(F)(F)F)nc2)c1. The van der Waals surface area contributed by atoms with Crippen LogP contribution < -0.4 is 19.5 Å². The number of amides is 1. The molecular formula is C18H19F3N2O4. The highest BCUT2D eigenvalue weighted by Gasteiger charge is 2.28. The monoisotopic (exact) mass is 384 g/mol. The number of carbonyl (C=O) groups excluding carboxylic acids is 1. The lowest BCUT2D eigenvalue weighted by Crippen LogP contribution is -2.25. The third-order valence-electron chi connectivity index (χ3n) is 3.51. The Kier molecular flexibility index (Phi) is 6.86. The van der Waals surface area contributed by atoms with E-state index >= 15 is 0 Å². The molecule has 0 aliphatic carbocycles. The minimum Gasteiger partial charge on any atom is -0.497 e.